The molecule has 1 aliphatic heterocycles. The van der Waals surface area contributed by atoms with E-state index in [-0.39, 0.29) is 17.7 Å². The van der Waals surface area contributed by atoms with Crippen LogP contribution in [0.3, 0.4) is 0 Å². The zero-order valence-corrected chi connectivity index (χ0v) is 13.1. The number of hydrogen-bond acceptors (Lipinski definition) is 5. The molecule has 0 saturated carbocycles. The van der Waals surface area contributed by atoms with E-state index >= 15 is 0 Å². The highest BCUT2D eigenvalue weighted by Crippen LogP contribution is 2.29. The number of carbonyl (C=O) groups is 2. The number of aryl methyl sites for hydroxylation is 1. The van der Waals surface area contributed by atoms with Crippen molar-refractivity contribution in [1.29, 1.82) is 0 Å². The second-order valence-corrected chi connectivity index (χ2v) is 6.57. The molecule has 0 aromatic carbocycles. The molecule has 0 bridgehead atoms. The summed E-state index contributed by atoms with van der Waals surface area (Å²) in [4.78, 5) is 30.8. The largest absolute Gasteiger partial charge is 0.462 e. The molecule has 6 nitrogen and oxygen atoms in total. The standard InChI is InChI=1S/C15H17N3O3S/c1-9-12(17-14(22-9)11-3-2-8-21-11)15(20)18-6-4-10(5-7-18)13(16)19/h2-3,8,10H,4-7H2,1H3,(H2,16,19). The summed E-state index contributed by atoms with van der Waals surface area (Å²) in [5.41, 5.74) is 5.78. The molecule has 22 heavy (non-hydrogen) atoms. The van der Waals surface area contributed by atoms with Crippen molar-refractivity contribution in [1.82, 2.24) is 9.88 Å². The number of nitrogens with two attached hydrogens (primary N) is 1. The molecule has 0 atom stereocenters. The molecule has 0 spiro atoms. The highest BCUT2D eigenvalue weighted by atomic mass is 32.1. The van der Waals surface area contributed by atoms with Crippen molar-refractivity contribution >= 4 is 23.2 Å². The normalized spacial score (nSPS) is 16.0. The van der Waals surface area contributed by atoms with Crippen LogP contribution in [0.4, 0.5) is 0 Å². The first-order valence-corrected chi connectivity index (χ1v) is 7.98. The molecular weight excluding hydrogens is 302 g/mol. The Kier molecular flexibility index (Phi) is 3.98. The van der Waals surface area contributed by atoms with Crippen molar-refractivity contribution in [2.75, 3.05) is 13.1 Å². The summed E-state index contributed by atoms with van der Waals surface area (Å²) in [6, 6.07) is 3.62. The molecule has 1 aliphatic rings. The SMILES string of the molecule is Cc1sc(-c2ccco2)nc1C(=O)N1CCC(C(N)=O)CC1. The molecule has 2 aromatic heterocycles. The number of likely N-dealkylation sites (tertiary alicyclic amines) is 1. The lowest BCUT2D eigenvalue weighted by Crippen LogP contribution is -2.42. The third-order valence-electron chi connectivity index (χ3n) is 3.92. The van der Waals surface area contributed by atoms with E-state index in [1.807, 2.05) is 13.0 Å². The minimum Gasteiger partial charge on any atom is -0.462 e. The lowest BCUT2D eigenvalue weighted by Gasteiger charge is -2.30. The first-order chi connectivity index (χ1) is 10.6. The maximum Gasteiger partial charge on any atom is 0.273 e. The van der Waals surface area contributed by atoms with Gasteiger partial charge in [-0.05, 0) is 31.9 Å². The van der Waals surface area contributed by atoms with Gasteiger partial charge >= 0.3 is 0 Å². The Balaban J connectivity index is 1.75. The summed E-state index contributed by atoms with van der Waals surface area (Å²) >= 11 is 1.44. The number of rotatable bonds is 3. The number of thiazole rings is 1. The van der Waals surface area contributed by atoms with Crippen LogP contribution in [-0.2, 0) is 4.79 Å². The van der Waals surface area contributed by atoms with E-state index in [0.29, 0.717) is 42.4 Å². The Hall–Kier alpha value is -2.15. The number of hydrogen-bond donors (Lipinski definition) is 1. The fourth-order valence-corrected chi connectivity index (χ4v) is 3.49. The first kappa shape index (κ1) is 14.8. The van der Waals surface area contributed by atoms with Gasteiger partial charge in [0.25, 0.3) is 5.91 Å². The van der Waals surface area contributed by atoms with Crippen LogP contribution < -0.4 is 5.73 Å². The van der Waals surface area contributed by atoms with Crippen LogP contribution in [-0.4, -0.2) is 34.8 Å². The van der Waals surface area contributed by atoms with Gasteiger partial charge in [0.05, 0.1) is 6.26 Å². The van der Waals surface area contributed by atoms with Gasteiger partial charge in [0, 0.05) is 23.9 Å². The lowest BCUT2D eigenvalue weighted by atomic mass is 9.96. The highest BCUT2D eigenvalue weighted by Gasteiger charge is 2.28. The van der Waals surface area contributed by atoms with E-state index in [0.717, 1.165) is 4.88 Å². The van der Waals surface area contributed by atoms with Gasteiger partial charge < -0.3 is 15.1 Å². The highest BCUT2D eigenvalue weighted by molar-refractivity contribution is 7.15. The smallest absolute Gasteiger partial charge is 0.273 e. The molecule has 0 unspecified atom stereocenters. The number of amides is 2. The van der Waals surface area contributed by atoms with Gasteiger partial charge in [0.15, 0.2) is 10.8 Å². The van der Waals surface area contributed by atoms with E-state index in [4.69, 9.17) is 10.2 Å². The van der Waals surface area contributed by atoms with Crippen molar-refractivity contribution in [3.05, 3.63) is 29.0 Å². The first-order valence-electron chi connectivity index (χ1n) is 7.16. The fourth-order valence-electron chi connectivity index (χ4n) is 2.62. The molecule has 2 amide bonds. The zero-order valence-electron chi connectivity index (χ0n) is 12.2. The maximum atomic E-state index is 12.6. The van der Waals surface area contributed by atoms with Crippen molar-refractivity contribution < 1.29 is 14.0 Å². The molecule has 3 heterocycles. The average molecular weight is 319 g/mol. The Morgan fingerprint density at radius 2 is 2.14 bits per heavy atom. The number of aromatic nitrogens is 1. The van der Waals surface area contributed by atoms with Gasteiger partial charge in [-0.25, -0.2) is 4.98 Å². The monoisotopic (exact) mass is 319 g/mol. The molecule has 0 aliphatic carbocycles. The van der Waals surface area contributed by atoms with E-state index < -0.39 is 0 Å². The van der Waals surface area contributed by atoms with E-state index in [9.17, 15) is 9.59 Å². The van der Waals surface area contributed by atoms with Crippen LogP contribution in [0.15, 0.2) is 22.8 Å². The molecule has 3 rings (SSSR count). The average Bonchev–Trinajstić information content (AvgIpc) is 3.16. The Morgan fingerprint density at radius 3 is 2.73 bits per heavy atom. The fraction of sp³-hybridized carbons (Fsp3) is 0.400. The molecule has 1 saturated heterocycles. The second-order valence-electron chi connectivity index (χ2n) is 5.37. The summed E-state index contributed by atoms with van der Waals surface area (Å²) in [5.74, 6) is 0.172. The number of primary amides is 1. The van der Waals surface area contributed by atoms with Gasteiger partial charge in [-0.2, -0.15) is 0 Å². The van der Waals surface area contributed by atoms with Crippen molar-refractivity contribution in [3.63, 3.8) is 0 Å². The van der Waals surface area contributed by atoms with Gasteiger partial charge in [-0.1, -0.05) is 0 Å². The van der Waals surface area contributed by atoms with E-state index in [1.165, 1.54) is 11.3 Å². The van der Waals surface area contributed by atoms with Crippen LogP contribution in [0, 0.1) is 12.8 Å². The molecule has 116 valence electrons. The lowest BCUT2D eigenvalue weighted by molar-refractivity contribution is -0.123. The second kappa shape index (κ2) is 5.92. The number of piperidine rings is 1. The predicted molar refractivity (Wildman–Crippen MR) is 82.4 cm³/mol. The summed E-state index contributed by atoms with van der Waals surface area (Å²) in [6.45, 7) is 2.96. The van der Waals surface area contributed by atoms with Gasteiger partial charge in [-0.3, -0.25) is 9.59 Å². The minimum absolute atomic E-state index is 0.0884. The minimum atomic E-state index is -0.281. The van der Waals surface area contributed by atoms with Crippen molar-refractivity contribution in [3.8, 4) is 10.8 Å². The van der Waals surface area contributed by atoms with Gasteiger partial charge in [-0.15, -0.1) is 11.3 Å². The van der Waals surface area contributed by atoms with Crippen LogP contribution in [0.1, 0.15) is 28.2 Å². The summed E-state index contributed by atoms with van der Waals surface area (Å²) < 4.78 is 5.33. The van der Waals surface area contributed by atoms with Gasteiger partial charge in [0.1, 0.15) is 5.69 Å². The number of furan rings is 1. The van der Waals surface area contributed by atoms with Crippen molar-refractivity contribution in [2.45, 2.75) is 19.8 Å². The number of nitrogens with zero attached hydrogens (tertiary/aromatic N) is 2. The summed E-state index contributed by atoms with van der Waals surface area (Å²) in [7, 11) is 0. The molecular formula is C15H17N3O3S. The predicted octanol–water partition coefficient (Wildman–Crippen LogP) is 2.05. The maximum absolute atomic E-state index is 12.6. The van der Waals surface area contributed by atoms with E-state index in [1.54, 1.807) is 17.2 Å². The van der Waals surface area contributed by atoms with Crippen molar-refractivity contribution in [2.24, 2.45) is 11.7 Å². The quantitative estimate of drug-likeness (QED) is 0.937. The topological polar surface area (TPSA) is 89.4 Å². The van der Waals surface area contributed by atoms with Gasteiger partial charge in [0.2, 0.25) is 5.91 Å². The molecule has 2 aromatic rings. The van der Waals surface area contributed by atoms with Crippen LogP contribution in [0.2, 0.25) is 0 Å². The summed E-state index contributed by atoms with van der Waals surface area (Å²) in [6.07, 6.45) is 2.83. The van der Waals surface area contributed by atoms with E-state index in [2.05, 4.69) is 4.98 Å². The third-order valence-corrected chi connectivity index (χ3v) is 4.90. The van der Waals surface area contributed by atoms with Crippen LogP contribution >= 0.6 is 11.3 Å². The molecule has 0 radical (unpaired) electrons. The molecule has 1 fully saturated rings. The Morgan fingerprint density at radius 1 is 1.41 bits per heavy atom. The van der Waals surface area contributed by atoms with Crippen LogP contribution in [0.5, 0.6) is 0 Å². The Bertz CT molecular complexity index is 685. The zero-order chi connectivity index (χ0) is 15.7. The number of carbonyl (C=O) groups excluding carboxylic acids is 2. The summed E-state index contributed by atoms with van der Waals surface area (Å²) in [5, 5.41) is 0.706. The molecule has 7 heteroatoms. The third kappa shape index (κ3) is 2.76. The Labute approximate surface area is 131 Å². The van der Waals surface area contributed by atoms with Crippen LogP contribution in [0.25, 0.3) is 10.8 Å². The molecule has 2 N–H and O–H groups in total.